The Morgan fingerprint density at radius 2 is 0.705 bits per heavy atom. The molecule has 0 radical (unpaired) electrons. The fraction of sp³-hybridized carbons (Fsp3) is 0.219. The van der Waals surface area contributed by atoms with Gasteiger partial charge in [-0.15, -0.1) is 0 Å². The minimum atomic E-state index is -3.87. The van der Waals surface area contributed by atoms with Crippen molar-refractivity contribution in [2.75, 3.05) is 13.1 Å². The molecule has 0 aromatic heterocycles. The first-order valence-corrected chi connectivity index (χ1v) is 32.3. The van der Waals surface area contributed by atoms with Crippen LogP contribution in [0.3, 0.4) is 0 Å². The topological polar surface area (TPSA) is 121 Å². The molecule has 8 nitrogen and oxygen atoms in total. The van der Waals surface area contributed by atoms with E-state index >= 15 is 0 Å². The molecule has 0 spiro atoms. The number of halogens is 2. The maximum absolute atomic E-state index is 13.4. The van der Waals surface area contributed by atoms with E-state index < -0.39 is 32.1 Å². The van der Waals surface area contributed by atoms with Gasteiger partial charge in [-0.1, -0.05) is 240 Å². The van der Waals surface area contributed by atoms with E-state index in [0.29, 0.717) is 0 Å². The summed E-state index contributed by atoms with van der Waals surface area (Å²) in [4.78, 5) is 0.417. The Kier molecular flexibility index (Phi) is 31.1. The van der Waals surface area contributed by atoms with Gasteiger partial charge >= 0.3 is 54.0 Å². The third kappa shape index (κ3) is 21.8. The van der Waals surface area contributed by atoms with Crippen molar-refractivity contribution >= 4 is 39.4 Å². The Labute approximate surface area is 496 Å². The van der Waals surface area contributed by atoms with E-state index in [1.165, 1.54) is 22.3 Å². The van der Waals surface area contributed by atoms with Crippen LogP contribution in [0.5, 0.6) is 0 Å². The van der Waals surface area contributed by atoms with Crippen molar-refractivity contribution in [1.82, 2.24) is 10.6 Å². The van der Waals surface area contributed by atoms with Crippen molar-refractivity contribution in [3.63, 3.8) is 0 Å². The Hall–Kier alpha value is -4.67. The van der Waals surface area contributed by atoms with Gasteiger partial charge in [0.15, 0.2) is 0 Å². The average Bonchev–Trinajstić information content (AvgIpc) is 3.49. The van der Waals surface area contributed by atoms with Crippen LogP contribution in [0.4, 0.5) is 0 Å². The molecule has 0 aliphatic heterocycles. The molecular formula is C64H72Cl2N4O4Ru2S2+2. The van der Waals surface area contributed by atoms with Crippen LogP contribution in [-0.4, -0.2) is 29.9 Å². The van der Waals surface area contributed by atoms with Crippen molar-refractivity contribution in [3.8, 4) is 0 Å². The van der Waals surface area contributed by atoms with E-state index in [0.717, 1.165) is 72.2 Å². The molecule has 0 fully saturated rings. The van der Waals surface area contributed by atoms with E-state index in [9.17, 15) is 16.8 Å². The van der Waals surface area contributed by atoms with E-state index in [1.54, 1.807) is 48.5 Å². The molecule has 8 aromatic rings. The van der Waals surface area contributed by atoms with Gasteiger partial charge < -0.3 is 34.9 Å². The summed E-state index contributed by atoms with van der Waals surface area (Å²) < 4.78 is 62.7. The predicted molar refractivity (Wildman–Crippen MR) is 320 cm³/mol. The molecule has 78 heavy (non-hydrogen) atoms. The number of hydrogen-bond acceptors (Lipinski definition) is 6. The maximum atomic E-state index is 13.4. The van der Waals surface area contributed by atoms with Crippen molar-refractivity contribution in [2.24, 2.45) is 0 Å². The Morgan fingerprint density at radius 1 is 0.385 bits per heavy atom. The molecule has 0 amide bonds. The molecule has 0 saturated carbocycles. The summed E-state index contributed by atoms with van der Waals surface area (Å²) in [7, 11) is 1.40. The number of benzene rings is 8. The third-order valence-electron chi connectivity index (χ3n) is 12.6. The summed E-state index contributed by atoms with van der Waals surface area (Å²) in [6.45, 7) is 9.54. The van der Waals surface area contributed by atoms with Gasteiger partial charge in [0.05, 0.1) is 0 Å². The van der Waals surface area contributed by atoms with Crippen LogP contribution in [-0.2, 0) is 67.5 Å². The van der Waals surface area contributed by atoms with Crippen molar-refractivity contribution in [1.29, 1.82) is 0 Å². The van der Waals surface area contributed by atoms with Crippen LogP contribution < -0.4 is 10.6 Å². The second-order valence-corrected chi connectivity index (χ2v) is 21.6. The number of nitrogens with one attached hydrogen (secondary N) is 2. The van der Waals surface area contributed by atoms with Crippen molar-refractivity contribution < 1.29 is 51.5 Å². The number of nitrogens with zero attached hydrogens (tertiary/aromatic N) is 2. The molecule has 2 N–H and O–H groups in total. The molecule has 0 aliphatic carbocycles. The first-order valence-electron chi connectivity index (χ1n) is 25.0. The molecule has 0 saturated heterocycles. The zero-order valence-corrected chi connectivity index (χ0v) is 51.8. The van der Waals surface area contributed by atoms with Gasteiger partial charge in [0.25, 0.3) is 0 Å². The number of hydrogen-bond donors (Lipinski definition) is 2. The first-order chi connectivity index (χ1) is 36.8. The molecule has 0 bridgehead atoms. The normalized spacial score (nSPS) is 12.4. The summed E-state index contributed by atoms with van der Waals surface area (Å²) in [6, 6.07) is 68.4. The number of rotatable bonds is 22. The van der Waals surface area contributed by atoms with Crippen LogP contribution in [0.25, 0.3) is 9.44 Å². The molecule has 0 heterocycles. The average molecular weight is 1300 g/mol. The van der Waals surface area contributed by atoms with Gasteiger partial charge in [-0.2, -0.15) is 0 Å². The van der Waals surface area contributed by atoms with Gasteiger partial charge in [0.1, 0.15) is 20.0 Å². The minimum absolute atomic E-state index is 0. The summed E-state index contributed by atoms with van der Waals surface area (Å²) in [5.41, 5.74) is 10.8. The summed E-state index contributed by atoms with van der Waals surface area (Å²) in [5, 5.41) is 7.29. The zero-order chi connectivity index (χ0) is 54.8. The van der Waals surface area contributed by atoms with Crippen LogP contribution in [0, 0.1) is 42.5 Å². The van der Waals surface area contributed by atoms with Crippen LogP contribution in [0.2, 0.25) is 0 Å². The van der Waals surface area contributed by atoms with Crippen molar-refractivity contribution in [2.45, 2.75) is 87.3 Å². The molecule has 4 atom stereocenters. The fourth-order valence-electron chi connectivity index (χ4n) is 8.64. The molecule has 14 heteroatoms. The summed E-state index contributed by atoms with van der Waals surface area (Å²) in [6.07, 6.45) is 3.76. The fourth-order valence-corrected chi connectivity index (χ4v) is 10.9. The monoisotopic (exact) mass is 1300 g/mol. The quantitative estimate of drug-likeness (QED) is 0.0396. The van der Waals surface area contributed by atoms with Crippen molar-refractivity contribution in [3.05, 3.63) is 298 Å². The number of sulfonamides is 2. The number of aryl methyl sites for hydroxylation is 6. The van der Waals surface area contributed by atoms with Gasteiger partial charge in [0, 0.05) is 21.9 Å². The van der Waals surface area contributed by atoms with Crippen LogP contribution in [0.15, 0.2) is 228 Å². The SMILES string of the molecule is Cc1ccc(CCCN[C@@H](c2ccccc2)[C@@H]([N-]S(=O)(=O)c2ccc(C)cc2)c2ccccc2)cc1.Cc1ccc(S(=O)(=O)[N-][C@@H](c2ccccc2)[C@@H](NCCCc2cccc(C)c2)c2ccccc2)cc1.[CH3-].[CH3-].[Cl][Ru+3].[Cl][Ru+3]. The summed E-state index contributed by atoms with van der Waals surface area (Å²) >= 11 is 3.64. The zero-order valence-electron chi connectivity index (χ0n) is 45.1. The predicted octanol–water partition coefficient (Wildman–Crippen LogP) is 16.4. The second kappa shape index (κ2) is 35.8. The van der Waals surface area contributed by atoms with Gasteiger partial charge in [-0.3, -0.25) is 0 Å². The van der Waals surface area contributed by atoms with E-state index in [4.69, 9.17) is 0 Å². The van der Waals surface area contributed by atoms with Crippen LogP contribution in [0.1, 0.15) is 92.6 Å². The molecular weight excluding hydrogens is 1230 g/mol. The first kappa shape index (κ1) is 67.6. The standard InChI is InChI=1S/2C31H33N2O2S.2CH3.2ClH.2Ru/c1-24-18-20-29(21-19-24)36(34,35)33-31(28-16-7-4-8-17-28)30(27-14-5-3-6-15-27)32-22-10-13-26-12-9-11-25(2)23-26;1-24-15-19-26(20-16-24)10-9-23-32-30(27-11-5-3-6-12-27)31(28-13-7-4-8-14-28)33-36(34,35)29-21-17-25(2)18-22-29;;;;;;/h3-9,11-12,14-21,23,30-32H,10,13,22H2,1-2H3;3-8,11-22,30-32H,9-10,23H2,1-2H3;2*1H3;2*1H;;/q4*-1;;;2*+4/p-2/t2*30-,31-;;;;;;/m00....../s1. The molecule has 8 aromatic carbocycles. The van der Waals surface area contributed by atoms with E-state index in [1.807, 2.05) is 170 Å². The molecule has 412 valence electrons. The van der Waals surface area contributed by atoms with E-state index in [2.05, 4.69) is 102 Å². The Morgan fingerprint density at radius 3 is 1.05 bits per heavy atom. The third-order valence-corrected chi connectivity index (χ3v) is 15.3. The van der Waals surface area contributed by atoms with Crippen LogP contribution >= 0.6 is 19.4 Å². The molecule has 0 unspecified atom stereocenters. The second-order valence-electron chi connectivity index (χ2n) is 18.4. The Balaban J connectivity index is 0.000000377. The van der Waals surface area contributed by atoms with Gasteiger partial charge in [-0.05, 0) is 113 Å². The molecule has 0 aliphatic rings. The van der Waals surface area contributed by atoms with Gasteiger partial charge in [0.2, 0.25) is 0 Å². The van der Waals surface area contributed by atoms with Gasteiger partial charge in [-0.25, -0.2) is 16.8 Å². The molecule has 8 rings (SSSR count). The van der Waals surface area contributed by atoms with E-state index in [-0.39, 0.29) is 36.7 Å². The summed E-state index contributed by atoms with van der Waals surface area (Å²) in [5.74, 6) is 0. The Bertz CT molecular complexity index is 3110.